The number of hydrogen-bond donors (Lipinski definition) is 10. The number of amides is 2. The van der Waals surface area contributed by atoms with Gasteiger partial charge in [0.1, 0.15) is 61.5 Å². The Kier molecular flexibility index (Phi) is 22.7. The molecule has 4 bridgehead atoms. The lowest BCUT2D eigenvalue weighted by molar-refractivity contribution is -0.119. The molecule has 578 valence electrons. The number of rotatable bonds is 11. The van der Waals surface area contributed by atoms with Gasteiger partial charge in [-0.2, -0.15) is 34.0 Å². The van der Waals surface area contributed by atoms with Crippen LogP contribution in [0.5, 0.6) is 0 Å². The van der Waals surface area contributed by atoms with Gasteiger partial charge in [0.05, 0.1) is 45.5 Å². The molecule has 8 aromatic heterocycles. The van der Waals surface area contributed by atoms with E-state index in [9.17, 15) is 38.8 Å². The van der Waals surface area contributed by atoms with Gasteiger partial charge in [-0.05, 0) is 47.6 Å². The van der Waals surface area contributed by atoms with Crippen molar-refractivity contribution < 1.29 is 101 Å². The summed E-state index contributed by atoms with van der Waals surface area (Å²) in [5.41, 5.74) is 9.10. The Morgan fingerprint density at radius 1 is 0.648 bits per heavy atom. The van der Waals surface area contributed by atoms with Crippen LogP contribution in [0.3, 0.4) is 0 Å². The molecule has 20 atom stereocenters. The number of fused-ring (bicyclic) bond motifs is 10. The predicted molar refractivity (Wildman–Crippen MR) is 368 cm³/mol. The Balaban J connectivity index is 0.000000198. The van der Waals surface area contributed by atoms with Crippen molar-refractivity contribution in [2.75, 3.05) is 55.1 Å². The van der Waals surface area contributed by atoms with Crippen molar-refractivity contribution in [3.63, 3.8) is 0 Å². The molecule has 1 aromatic carbocycles. The van der Waals surface area contributed by atoms with Crippen LogP contribution in [0.4, 0.5) is 41.1 Å². The van der Waals surface area contributed by atoms with E-state index in [1.807, 2.05) is 6.07 Å². The number of nitrogen functional groups attached to an aromatic ring is 2. The molecular weight excluding hydrogens is 1610 g/mol. The van der Waals surface area contributed by atoms with Crippen LogP contribution in [-0.2, 0) is 104 Å². The molecule has 58 heteroatoms. The number of carbonyl (C=O) groups is 2. The summed E-state index contributed by atoms with van der Waals surface area (Å²) in [5.74, 6) is -2.15. The van der Waals surface area contributed by atoms with E-state index in [1.165, 1.54) is 0 Å². The van der Waals surface area contributed by atoms with Gasteiger partial charge in [0.25, 0.3) is 17.0 Å². The molecule has 0 aliphatic carbocycles. The fourth-order valence-electron chi connectivity index (χ4n) is 11.4. The van der Waals surface area contributed by atoms with Crippen LogP contribution in [0.1, 0.15) is 55.5 Å². The Morgan fingerprint density at radius 3 is 1.71 bits per heavy atom. The normalized spacial score (nSPS) is 33.1. The highest BCUT2D eigenvalue weighted by atomic mass is 32.7. The minimum absolute atomic E-state index is 0. The molecule has 9 aromatic rings. The number of ether oxygens (including phenoxy) is 4. The molecule has 0 radical (unpaired) electrons. The molecule has 6 saturated heterocycles. The third-order valence-corrected chi connectivity index (χ3v) is 23.5. The van der Waals surface area contributed by atoms with Gasteiger partial charge in [0.15, 0.2) is 106 Å². The number of hydrogen-bond acceptors (Lipinski definition) is 39. The summed E-state index contributed by atoms with van der Waals surface area (Å²) in [6.45, 7) is -17.7. The van der Waals surface area contributed by atoms with Crippen molar-refractivity contribution in [3.05, 3.63) is 69.3 Å². The highest BCUT2D eigenvalue weighted by Gasteiger charge is 2.57. The number of carbonyl (C=O) groups excluding carboxylic acids is 2. The van der Waals surface area contributed by atoms with Crippen LogP contribution in [0.15, 0.2) is 52.6 Å². The van der Waals surface area contributed by atoms with E-state index in [-0.39, 0.29) is 87.4 Å². The first kappa shape index (κ1) is 78.5. The molecular formula is C50H56F4N26O20P4S4. The highest BCUT2D eigenvalue weighted by molar-refractivity contribution is 8.44. The number of nitriles is 1. The number of anilines is 4. The summed E-state index contributed by atoms with van der Waals surface area (Å²) in [6, 6.07) is 10.1. The second kappa shape index (κ2) is 31.3. The first-order valence-electron chi connectivity index (χ1n) is 31.1. The molecule has 0 saturated carbocycles. The summed E-state index contributed by atoms with van der Waals surface area (Å²) in [7, 11) is 0. The zero-order chi connectivity index (χ0) is 75.8. The average molecular weight is 1670 g/mol. The van der Waals surface area contributed by atoms with E-state index >= 15 is 17.6 Å². The number of aromatic nitrogens is 20. The van der Waals surface area contributed by atoms with E-state index in [0.29, 0.717) is 5.56 Å². The van der Waals surface area contributed by atoms with Gasteiger partial charge in [-0.3, -0.25) is 57.1 Å². The molecule has 6 aliphatic rings. The molecule has 0 spiro atoms. The largest absolute Gasteiger partial charge is 0.386 e. The molecule has 6 aliphatic heterocycles. The number of alkyl halides is 4. The second-order valence-corrected chi connectivity index (χ2v) is 35.2. The number of halogens is 4. The maximum atomic E-state index is 16.8. The van der Waals surface area contributed by atoms with Crippen LogP contribution >= 0.6 is 39.2 Å². The average Bonchev–Trinajstić information content (AvgIpc) is 1.62. The van der Waals surface area contributed by atoms with Crippen molar-refractivity contribution in [2.24, 2.45) is 5.92 Å². The number of nitrogens with zero attached hydrogens (tertiary/aromatic N) is 19. The van der Waals surface area contributed by atoms with Gasteiger partial charge < -0.3 is 69.8 Å². The zero-order valence-electron chi connectivity index (χ0n) is 54.7. The smallest absolute Gasteiger partial charge is 0.382 e. The van der Waals surface area contributed by atoms with E-state index in [1.54, 1.807) is 44.2 Å². The standard InChI is InChI=1S/C32H33F2N13O11P2S2.C18H20F2N12O9P2S2.H3N/c1-14(2)27(48)40-32-39-26-21(29(50)41-32)43-45-47(26)31-23-18(33)16(55-31)11-54-60(62,52-10-6-9-35)58-22-17(12-53-59(51,61)57-23)56-30(19(22)34)46-25-20(42-44-46)24(36-13-37-25)38-28(49)15-7-4-3-5-8-15;19-6-4-1-36-42(34,44)40-10-5(39-16(7(10)20)31-13-8(27-29-31)12(21)23-3-24-13)2-37-43(35,45)41-11(6)17(38-4)32-14-9(28-30-32)15(33)26-18(22)25-14;/h3-5,7-8,13-14,16-19,22-23,30-31H,6,10-12H2,1-2H3,(H,51,61)(H,36,37,38,49)(H2,39,40,41,48,50);3-7,10-11,16-17H,1-2H2,(H,34,44)(H,35,45)(H2,21,23,24)(H3,22,25,26,33);1H3/t16-,17-,18-,19+,22-,23+,30-,31-,59?,60?;4-,5-,6-,7+,10-,11+,16-,17-,42?,43?;/m11./s1. The van der Waals surface area contributed by atoms with Crippen molar-refractivity contribution in [2.45, 2.75) is 119 Å². The number of thiol groups is 1. The first-order valence-corrected chi connectivity index (χ1v) is 41.5. The summed E-state index contributed by atoms with van der Waals surface area (Å²) in [4.78, 5) is 102. The fourth-order valence-corrected chi connectivity index (χ4v) is 17.7. The number of nitrogens with two attached hydrogens (primary N) is 2. The molecule has 2 amide bonds. The van der Waals surface area contributed by atoms with Crippen molar-refractivity contribution >= 4 is 155 Å². The van der Waals surface area contributed by atoms with Crippen LogP contribution in [-0.4, -0.2) is 228 Å². The van der Waals surface area contributed by atoms with Gasteiger partial charge in [-0.25, -0.2) is 42.1 Å². The predicted octanol–water partition coefficient (Wildman–Crippen LogP) is 1.87. The number of benzene rings is 1. The van der Waals surface area contributed by atoms with Crippen molar-refractivity contribution in [1.29, 1.82) is 5.26 Å². The summed E-state index contributed by atoms with van der Waals surface area (Å²) in [5, 5.41) is 45.4. The lowest BCUT2D eigenvalue weighted by Gasteiger charge is -2.29. The Hall–Kier alpha value is -7.62. The van der Waals surface area contributed by atoms with Gasteiger partial charge in [0, 0.05) is 11.5 Å². The molecule has 14 heterocycles. The molecule has 108 heavy (non-hydrogen) atoms. The van der Waals surface area contributed by atoms with Crippen molar-refractivity contribution in [1.82, 2.24) is 106 Å². The van der Waals surface area contributed by atoms with Gasteiger partial charge in [-0.1, -0.05) is 65.1 Å². The summed E-state index contributed by atoms with van der Waals surface area (Å²) < 4.78 is 156. The number of nitrogens with one attached hydrogen (secondary N) is 4. The van der Waals surface area contributed by atoms with Crippen LogP contribution < -0.4 is 39.4 Å². The first-order chi connectivity index (χ1) is 51.0. The minimum atomic E-state index is -4.54. The maximum absolute atomic E-state index is 16.8. The number of H-pyrrole nitrogens is 2. The quantitative estimate of drug-likeness (QED) is 0.0382. The monoisotopic (exact) mass is 1670 g/mol. The summed E-state index contributed by atoms with van der Waals surface area (Å²) in [6.07, 6.45) is -26.3. The van der Waals surface area contributed by atoms with Gasteiger partial charge >= 0.3 is 27.0 Å². The van der Waals surface area contributed by atoms with Crippen molar-refractivity contribution in [3.8, 4) is 6.07 Å². The van der Waals surface area contributed by atoms with E-state index in [4.69, 9.17) is 107 Å². The minimum Gasteiger partial charge on any atom is -0.382 e. The third kappa shape index (κ3) is 15.9. The molecule has 4 unspecified atom stereocenters. The van der Waals surface area contributed by atoms with E-state index in [2.05, 4.69) is 104 Å². The Morgan fingerprint density at radius 2 is 1.14 bits per heavy atom. The molecule has 6 fully saturated rings. The van der Waals surface area contributed by atoms with E-state index in [0.717, 1.165) is 31.4 Å². The van der Waals surface area contributed by atoms with Gasteiger partial charge in [-0.15, -0.1) is 20.4 Å². The lowest BCUT2D eigenvalue weighted by Crippen LogP contribution is -2.34. The SMILES string of the molecule is CC(C)C(=O)Nc1nc2c(nnn2[C@@H]2O[C@@H]3COP(=S)(OCCC#N)O[C@H]4[C@H](F)[C@H](n5nnc6c(NC(=O)c7ccccc7)ncnc65)O[C@@H]4COP(O)(=S)O[C@H]2[C@@H]3F)c(=O)[nH]1.N.Nc1nc2c(nnn2[C@@H]2O[C@@H]3COP(=O)(S)O[C@H]4[C@H](F)[C@H](n5nnc6c(N)ncnc65)O[C@@H]4COP(O)(=S)O[C@H]2[C@@H]3F)c(=O)[nH]1. The van der Waals surface area contributed by atoms with Crippen LogP contribution in [0, 0.1) is 17.2 Å². The van der Waals surface area contributed by atoms with E-state index < -0.39 is 181 Å². The van der Waals surface area contributed by atoms with Crippen LogP contribution in [0.2, 0.25) is 0 Å². The maximum Gasteiger partial charge on any atom is 0.386 e. The van der Waals surface area contributed by atoms with Gasteiger partial charge in [0.2, 0.25) is 17.8 Å². The Bertz CT molecular complexity index is 5300. The summed E-state index contributed by atoms with van der Waals surface area (Å²) >= 11 is 20.0. The third-order valence-electron chi connectivity index (χ3n) is 16.4. The Labute approximate surface area is 619 Å². The number of aromatic amines is 2. The second-order valence-electron chi connectivity index (χ2n) is 23.7. The molecule has 46 nitrogen and oxygen atoms in total. The molecule has 13 N–H and O–H groups in total. The van der Waals surface area contributed by atoms with Crippen LogP contribution in [0.25, 0.3) is 44.7 Å². The molecule has 15 rings (SSSR count). The zero-order valence-corrected chi connectivity index (χ0v) is 61.6. The fraction of sp³-hybridized carbons (Fsp3) is 0.500. The highest BCUT2D eigenvalue weighted by Crippen LogP contribution is 2.60. The lowest BCUT2D eigenvalue weighted by atomic mass is 10.1. The topological polar surface area (TPSA) is 612 Å².